The summed E-state index contributed by atoms with van der Waals surface area (Å²) in [6, 6.07) is 24.0. The average molecular weight is 441 g/mol. The zero-order valence-corrected chi connectivity index (χ0v) is 18.2. The number of amides is 1. The molecule has 0 spiro atoms. The highest BCUT2D eigenvalue weighted by atomic mass is 32.2. The van der Waals surface area contributed by atoms with Crippen LogP contribution in [0.4, 0.5) is 0 Å². The van der Waals surface area contributed by atoms with Crippen LogP contribution in [0.2, 0.25) is 0 Å². The second-order valence-corrected chi connectivity index (χ2v) is 8.14. The minimum Gasteiger partial charge on any atom is -0.331 e. The fraction of sp³-hybridized carbons (Fsp3) is 0.120. The van der Waals surface area contributed by atoms with Gasteiger partial charge >= 0.3 is 0 Å². The van der Waals surface area contributed by atoms with Crippen molar-refractivity contribution in [1.29, 1.82) is 5.26 Å². The van der Waals surface area contributed by atoms with Crippen LogP contribution >= 0.6 is 11.8 Å². The van der Waals surface area contributed by atoms with Crippen LogP contribution < -0.4 is 5.56 Å². The summed E-state index contributed by atoms with van der Waals surface area (Å²) in [6.45, 7) is 2.52. The van der Waals surface area contributed by atoms with Crippen LogP contribution in [0.1, 0.15) is 28.7 Å². The summed E-state index contributed by atoms with van der Waals surface area (Å²) < 4.78 is 0. The number of carbonyl (C=O) groups excluding carboxylic acids is 1. The number of fused-ring (bicyclic) bond motifs is 1. The molecule has 0 saturated carbocycles. The molecule has 3 aromatic carbocycles. The Morgan fingerprint density at radius 3 is 2.50 bits per heavy atom. The van der Waals surface area contributed by atoms with Gasteiger partial charge in [-0.2, -0.15) is 5.26 Å². The topological polar surface area (TPSA) is 89.8 Å². The van der Waals surface area contributed by atoms with Crippen molar-refractivity contribution < 1.29 is 4.79 Å². The molecule has 0 aliphatic heterocycles. The number of nitrogens with zero attached hydrogens (tertiary/aromatic N) is 3. The zero-order chi connectivity index (χ0) is 22.5. The molecule has 0 saturated heterocycles. The Hall–Kier alpha value is -3.89. The number of para-hydroxylation sites is 1. The van der Waals surface area contributed by atoms with Crippen LogP contribution in [0.15, 0.2) is 87.4 Å². The fourth-order valence-corrected chi connectivity index (χ4v) is 4.41. The predicted molar refractivity (Wildman–Crippen MR) is 125 cm³/mol. The molecular weight excluding hydrogens is 420 g/mol. The lowest BCUT2D eigenvalue weighted by Crippen LogP contribution is -2.32. The van der Waals surface area contributed by atoms with E-state index >= 15 is 0 Å². The third kappa shape index (κ3) is 4.41. The van der Waals surface area contributed by atoms with E-state index in [1.54, 1.807) is 35.2 Å². The van der Waals surface area contributed by atoms with Gasteiger partial charge < -0.3 is 9.88 Å². The molecule has 0 aliphatic carbocycles. The lowest BCUT2D eigenvalue weighted by Gasteiger charge is -2.22. The molecule has 0 bridgehead atoms. The average Bonchev–Trinajstić information content (AvgIpc) is 2.83. The Kier molecular flexibility index (Phi) is 6.34. The van der Waals surface area contributed by atoms with Crippen LogP contribution in [0, 0.1) is 11.3 Å². The van der Waals surface area contributed by atoms with Crippen molar-refractivity contribution in [3.63, 3.8) is 0 Å². The van der Waals surface area contributed by atoms with Gasteiger partial charge in [0.2, 0.25) is 0 Å². The fourth-order valence-electron chi connectivity index (χ4n) is 3.39. The molecule has 7 heteroatoms. The van der Waals surface area contributed by atoms with E-state index in [0.29, 0.717) is 34.4 Å². The molecule has 4 rings (SSSR count). The van der Waals surface area contributed by atoms with Crippen molar-refractivity contribution >= 4 is 28.6 Å². The van der Waals surface area contributed by atoms with Gasteiger partial charge in [0.15, 0.2) is 0 Å². The summed E-state index contributed by atoms with van der Waals surface area (Å²) in [4.78, 5) is 36.3. The van der Waals surface area contributed by atoms with Crippen LogP contribution in [-0.2, 0) is 6.54 Å². The number of rotatable bonds is 6. The van der Waals surface area contributed by atoms with E-state index in [4.69, 9.17) is 0 Å². The Morgan fingerprint density at radius 2 is 1.72 bits per heavy atom. The molecule has 0 aliphatic rings. The lowest BCUT2D eigenvalue weighted by atomic mass is 10.2. The third-order valence-electron chi connectivity index (χ3n) is 5.02. The van der Waals surface area contributed by atoms with Gasteiger partial charge in [-0.15, -0.1) is 0 Å². The van der Waals surface area contributed by atoms with Crippen molar-refractivity contribution in [3.05, 3.63) is 100 Å². The van der Waals surface area contributed by atoms with Gasteiger partial charge in [-0.3, -0.25) is 9.59 Å². The second-order valence-electron chi connectivity index (χ2n) is 7.06. The van der Waals surface area contributed by atoms with Gasteiger partial charge in [0.25, 0.3) is 11.5 Å². The summed E-state index contributed by atoms with van der Waals surface area (Å²) >= 11 is 1.39. The van der Waals surface area contributed by atoms with E-state index in [0.717, 1.165) is 9.79 Å². The molecule has 0 radical (unpaired) electrons. The van der Waals surface area contributed by atoms with Crippen molar-refractivity contribution in [2.75, 3.05) is 6.54 Å². The zero-order valence-electron chi connectivity index (χ0n) is 17.4. The first-order valence-corrected chi connectivity index (χ1v) is 11.0. The minimum absolute atomic E-state index is 0.166. The number of aromatic amines is 1. The molecule has 1 N–H and O–H groups in total. The maximum Gasteiger partial charge on any atom is 0.258 e. The number of H-pyrrole nitrogens is 1. The molecule has 0 atom stereocenters. The molecule has 1 heterocycles. The summed E-state index contributed by atoms with van der Waals surface area (Å²) in [5.74, 6) is 0.268. The Bertz CT molecular complexity index is 1390. The van der Waals surface area contributed by atoms with E-state index < -0.39 is 0 Å². The third-order valence-corrected chi connectivity index (χ3v) is 6.17. The molecule has 6 nitrogen and oxygen atoms in total. The maximum atomic E-state index is 13.4. The van der Waals surface area contributed by atoms with Gasteiger partial charge in [-0.1, -0.05) is 48.2 Å². The molecule has 0 fully saturated rings. The summed E-state index contributed by atoms with van der Waals surface area (Å²) in [5, 5.41) is 9.91. The molecular formula is C25H20N4O2S. The number of aromatic nitrogens is 2. The molecule has 1 aromatic heterocycles. The summed E-state index contributed by atoms with van der Waals surface area (Å²) in [6.07, 6.45) is 0. The molecule has 0 unspecified atom stereocenters. The highest BCUT2D eigenvalue weighted by Gasteiger charge is 2.20. The van der Waals surface area contributed by atoms with Crippen molar-refractivity contribution in [2.24, 2.45) is 0 Å². The predicted octanol–water partition coefficient (Wildman–Crippen LogP) is 4.61. The van der Waals surface area contributed by atoms with Crippen LogP contribution in [0.3, 0.4) is 0 Å². The van der Waals surface area contributed by atoms with Gasteiger partial charge in [-0.25, -0.2) is 4.98 Å². The maximum absolute atomic E-state index is 13.4. The van der Waals surface area contributed by atoms with Crippen LogP contribution in [0.5, 0.6) is 0 Å². The molecule has 1 amide bonds. The number of nitrogens with one attached hydrogen (secondary N) is 1. The van der Waals surface area contributed by atoms with E-state index in [2.05, 4.69) is 16.0 Å². The summed E-state index contributed by atoms with van der Waals surface area (Å²) in [5.41, 5.74) is 1.47. The van der Waals surface area contributed by atoms with E-state index in [9.17, 15) is 14.9 Å². The monoisotopic (exact) mass is 440 g/mol. The first-order valence-electron chi connectivity index (χ1n) is 10.1. The summed E-state index contributed by atoms with van der Waals surface area (Å²) in [7, 11) is 0. The number of hydrogen-bond acceptors (Lipinski definition) is 5. The normalized spacial score (nSPS) is 10.6. The first-order chi connectivity index (χ1) is 15.6. The molecule has 32 heavy (non-hydrogen) atoms. The van der Waals surface area contributed by atoms with Crippen molar-refractivity contribution in [3.8, 4) is 6.07 Å². The van der Waals surface area contributed by atoms with Gasteiger partial charge in [-0.05, 0) is 43.3 Å². The van der Waals surface area contributed by atoms with E-state index in [1.165, 1.54) is 11.8 Å². The number of benzene rings is 3. The van der Waals surface area contributed by atoms with Crippen molar-refractivity contribution in [1.82, 2.24) is 14.9 Å². The highest BCUT2D eigenvalue weighted by molar-refractivity contribution is 7.99. The van der Waals surface area contributed by atoms with Gasteiger partial charge in [0.1, 0.15) is 11.9 Å². The van der Waals surface area contributed by atoms with Gasteiger partial charge in [0, 0.05) is 16.3 Å². The molecule has 158 valence electrons. The highest BCUT2D eigenvalue weighted by Crippen LogP contribution is 2.33. The quantitative estimate of drug-likeness (QED) is 0.473. The second kappa shape index (κ2) is 9.50. The standard InChI is InChI=1S/C25H20N4O2S/c1-2-29(16-23-27-20-12-6-4-10-18(20)24(30)28-23)25(31)19-11-5-8-14-22(19)32-21-13-7-3-9-17(21)15-26/h3-14H,2,16H2,1H3,(H,27,28,30). The van der Waals surface area contributed by atoms with Gasteiger partial charge in [0.05, 0.1) is 28.6 Å². The molecule has 4 aromatic rings. The Labute approximate surface area is 189 Å². The Morgan fingerprint density at radius 1 is 1.03 bits per heavy atom. The van der Waals surface area contributed by atoms with E-state index in [1.807, 2.05) is 49.4 Å². The smallest absolute Gasteiger partial charge is 0.258 e. The Balaban J connectivity index is 1.64. The largest absolute Gasteiger partial charge is 0.331 e. The van der Waals surface area contributed by atoms with E-state index in [-0.39, 0.29) is 18.0 Å². The number of carbonyl (C=O) groups is 1. The van der Waals surface area contributed by atoms with Crippen molar-refractivity contribution in [2.45, 2.75) is 23.3 Å². The number of hydrogen-bond donors (Lipinski definition) is 1. The minimum atomic E-state index is -0.224. The van der Waals surface area contributed by atoms with Crippen LogP contribution in [-0.4, -0.2) is 27.3 Å². The first kappa shape index (κ1) is 21.3. The SMILES string of the molecule is CCN(Cc1nc2ccccc2c(=O)[nH]1)C(=O)c1ccccc1Sc1ccccc1C#N. The van der Waals surface area contributed by atoms with Crippen LogP contribution in [0.25, 0.3) is 10.9 Å². The lowest BCUT2D eigenvalue weighted by molar-refractivity contribution is 0.0745. The number of nitriles is 1.